The van der Waals surface area contributed by atoms with E-state index < -0.39 is 17.5 Å². The predicted molar refractivity (Wildman–Crippen MR) is 45.7 cm³/mol. The number of nitriles is 1. The predicted octanol–water partition coefficient (Wildman–Crippen LogP) is 0.961. The van der Waals surface area contributed by atoms with Crippen molar-refractivity contribution in [1.82, 2.24) is 4.98 Å². The van der Waals surface area contributed by atoms with Gasteiger partial charge in [0.15, 0.2) is 0 Å². The van der Waals surface area contributed by atoms with Gasteiger partial charge in [-0.2, -0.15) is 5.26 Å². The summed E-state index contributed by atoms with van der Waals surface area (Å²) < 4.78 is 24.8. The lowest BCUT2D eigenvalue weighted by molar-refractivity contribution is 0.150. The molecule has 14 heavy (non-hydrogen) atoms. The van der Waals surface area contributed by atoms with Crippen LogP contribution in [0.4, 0.5) is 14.6 Å². The van der Waals surface area contributed by atoms with E-state index in [2.05, 4.69) is 4.98 Å². The fourth-order valence-corrected chi connectivity index (χ4v) is 1.10. The molecule has 0 bridgehead atoms. The minimum atomic E-state index is -2.80. The zero-order valence-corrected chi connectivity index (χ0v) is 7.05. The molecule has 4 nitrogen and oxygen atoms in total. The number of rotatable bonds is 2. The molecule has 0 saturated carbocycles. The zero-order valence-electron chi connectivity index (χ0n) is 7.05. The van der Waals surface area contributed by atoms with Gasteiger partial charge in [-0.05, 0) is 0 Å². The molecule has 74 valence electrons. The van der Waals surface area contributed by atoms with Gasteiger partial charge >= 0.3 is 0 Å². The molecular weight excluding hydrogens is 192 g/mol. The fourth-order valence-electron chi connectivity index (χ4n) is 1.10. The van der Waals surface area contributed by atoms with E-state index in [1.54, 1.807) is 6.07 Å². The first-order valence-corrected chi connectivity index (χ1v) is 3.73. The van der Waals surface area contributed by atoms with E-state index in [9.17, 15) is 13.6 Å². The standard InChI is InChI=1S/C8H7F2N3O/c9-7(10)5-3-6(14)13-8(12)4(5)1-2-11/h3,7H,1H2,(H3,12,13,14). The van der Waals surface area contributed by atoms with Gasteiger partial charge in [0.2, 0.25) is 5.56 Å². The van der Waals surface area contributed by atoms with Gasteiger partial charge in [0.05, 0.1) is 12.5 Å². The van der Waals surface area contributed by atoms with Gasteiger partial charge in [-0.1, -0.05) is 0 Å². The molecule has 0 atom stereocenters. The van der Waals surface area contributed by atoms with Crippen LogP contribution in [0.1, 0.15) is 17.6 Å². The van der Waals surface area contributed by atoms with Crippen molar-refractivity contribution in [2.24, 2.45) is 0 Å². The number of nitrogen functional groups attached to an aromatic ring is 1. The van der Waals surface area contributed by atoms with Crippen molar-refractivity contribution in [2.45, 2.75) is 12.8 Å². The molecule has 0 fully saturated rings. The number of alkyl halides is 2. The largest absolute Gasteiger partial charge is 0.385 e. The van der Waals surface area contributed by atoms with Crippen molar-refractivity contribution in [3.8, 4) is 6.07 Å². The number of hydrogen-bond acceptors (Lipinski definition) is 3. The summed E-state index contributed by atoms with van der Waals surface area (Å²) in [7, 11) is 0. The summed E-state index contributed by atoms with van der Waals surface area (Å²) in [5.74, 6) is -0.172. The number of hydrogen-bond donors (Lipinski definition) is 2. The third-order valence-electron chi connectivity index (χ3n) is 1.71. The highest BCUT2D eigenvalue weighted by atomic mass is 19.3. The second kappa shape index (κ2) is 3.87. The Morgan fingerprint density at radius 2 is 2.29 bits per heavy atom. The molecule has 0 radical (unpaired) electrons. The Hall–Kier alpha value is -1.90. The van der Waals surface area contributed by atoms with Crippen LogP contribution in [0.2, 0.25) is 0 Å². The number of anilines is 1. The van der Waals surface area contributed by atoms with E-state index in [0.717, 1.165) is 6.07 Å². The lowest BCUT2D eigenvalue weighted by Gasteiger charge is -2.07. The lowest BCUT2D eigenvalue weighted by Crippen LogP contribution is -2.13. The number of halogens is 2. The third-order valence-corrected chi connectivity index (χ3v) is 1.71. The third kappa shape index (κ3) is 1.88. The first kappa shape index (κ1) is 10.2. The summed E-state index contributed by atoms with van der Waals surface area (Å²) in [6, 6.07) is 2.46. The molecule has 0 aliphatic carbocycles. The van der Waals surface area contributed by atoms with Crippen LogP contribution in [0.25, 0.3) is 0 Å². The van der Waals surface area contributed by atoms with Crippen LogP contribution in [0.15, 0.2) is 10.9 Å². The van der Waals surface area contributed by atoms with Gasteiger partial charge in [0.1, 0.15) is 5.82 Å². The van der Waals surface area contributed by atoms with E-state index in [1.165, 1.54) is 0 Å². The highest BCUT2D eigenvalue weighted by Gasteiger charge is 2.16. The molecule has 0 aliphatic heterocycles. The van der Waals surface area contributed by atoms with Crippen molar-refractivity contribution >= 4 is 5.82 Å². The number of nitrogens with one attached hydrogen (secondary N) is 1. The van der Waals surface area contributed by atoms with Crippen LogP contribution in [0, 0.1) is 11.3 Å². The van der Waals surface area contributed by atoms with Crippen molar-refractivity contribution in [3.05, 3.63) is 27.5 Å². The molecule has 1 aromatic rings. The lowest BCUT2D eigenvalue weighted by atomic mass is 10.1. The molecule has 3 N–H and O–H groups in total. The summed E-state index contributed by atoms with van der Waals surface area (Å²) in [6.45, 7) is 0. The van der Waals surface area contributed by atoms with Gasteiger partial charge in [0, 0.05) is 17.2 Å². The molecule has 1 heterocycles. The Morgan fingerprint density at radius 3 is 2.79 bits per heavy atom. The SMILES string of the molecule is N#CCc1c(C(F)F)cc(=O)[nH]c1N. The Labute approximate surface area is 78.0 Å². The molecule has 0 saturated heterocycles. The molecule has 1 aromatic heterocycles. The van der Waals surface area contributed by atoms with E-state index in [-0.39, 0.29) is 17.8 Å². The number of nitrogens with two attached hydrogens (primary N) is 1. The molecule has 0 spiro atoms. The molecule has 1 rings (SSSR count). The van der Waals surface area contributed by atoms with Gasteiger partial charge < -0.3 is 10.7 Å². The summed E-state index contributed by atoms with van der Waals surface area (Å²) >= 11 is 0. The second-order valence-electron chi connectivity index (χ2n) is 2.62. The van der Waals surface area contributed by atoms with Crippen LogP contribution >= 0.6 is 0 Å². The van der Waals surface area contributed by atoms with Crippen LogP contribution in [0.3, 0.4) is 0 Å². The summed E-state index contributed by atoms with van der Waals surface area (Å²) in [4.78, 5) is 13.0. The Balaban J connectivity index is 3.38. The highest BCUT2D eigenvalue weighted by molar-refractivity contribution is 5.46. The maximum atomic E-state index is 12.4. The summed E-state index contributed by atoms with van der Waals surface area (Å²) in [5, 5.41) is 8.38. The number of nitrogens with zero attached hydrogens (tertiary/aromatic N) is 1. The van der Waals surface area contributed by atoms with Gasteiger partial charge in [-0.25, -0.2) is 8.78 Å². The minimum absolute atomic E-state index is 0.0119. The number of aromatic nitrogens is 1. The maximum absolute atomic E-state index is 12.4. The van der Waals surface area contributed by atoms with Crippen molar-refractivity contribution < 1.29 is 8.78 Å². The minimum Gasteiger partial charge on any atom is -0.385 e. The Morgan fingerprint density at radius 1 is 1.64 bits per heavy atom. The van der Waals surface area contributed by atoms with Gasteiger partial charge in [-0.15, -0.1) is 0 Å². The van der Waals surface area contributed by atoms with E-state index in [1.807, 2.05) is 0 Å². The first-order valence-electron chi connectivity index (χ1n) is 3.73. The smallest absolute Gasteiger partial charge is 0.264 e. The molecule has 0 unspecified atom stereocenters. The van der Waals surface area contributed by atoms with E-state index in [4.69, 9.17) is 11.0 Å². The van der Waals surface area contributed by atoms with Gasteiger partial charge in [0.25, 0.3) is 6.43 Å². The monoisotopic (exact) mass is 199 g/mol. The van der Waals surface area contributed by atoms with Crippen molar-refractivity contribution in [2.75, 3.05) is 5.73 Å². The normalized spacial score (nSPS) is 10.1. The molecule has 0 aromatic carbocycles. The van der Waals surface area contributed by atoms with Crippen LogP contribution < -0.4 is 11.3 Å². The highest BCUT2D eigenvalue weighted by Crippen LogP contribution is 2.24. The van der Waals surface area contributed by atoms with Crippen molar-refractivity contribution in [3.63, 3.8) is 0 Å². The van der Waals surface area contributed by atoms with Crippen molar-refractivity contribution in [1.29, 1.82) is 5.26 Å². The zero-order chi connectivity index (χ0) is 10.7. The molecular formula is C8H7F2N3O. The van der Waals surface area contributed by atoms with E-state index >= 15 is 0 Å². The van der Waals surface area contributed by atoms with Gasteiger partial charge in [-0.3, -0.25) is 4.79 Å². The quantitative estimate of drug-likeness (QED) is 0.744. The summed E-state index contributed by atoms with van der Waals surface area (Å²) in [6.07, 6.45) is -3.05. The second-order valence-corrected chi connectivity index (χ2v) is 2.62. The average Bonchev–Trinajstić information content (AvgIpc) is 2.09. The average molecular weight is 199 g/mol. The maximum Gasteiger partial charge on any atom is 0.264 e. The summed E-state index contributed by atoms with van der Waals surface area (Å²) in [5.41, 5.74) is 4.12. The molecule has 0 aliphatic rings. The number of pyridine rings is 1. The molecule has 6 heteroatoms. The Kier molecular flexibility index (Phi) is 2.82. The number of aromatic amines is 1. The van der Waals surface area contributed by atoms with E-state index in [0.29, 0.717) is 0 Å². The van der Waals surface area contributed by atoms with Crippen LogP contribution in [-0.4, -0.2) is 4.98 Å². The van der Waals surface area contributed by atoms with Crippen LogP contribution in [0.5, 0.6) is 0 Å². The Bertz CT molecular complexity index is 433. The fraction of sp³-hybridized carbons (Fsp3) is 0.250. The first-order chi connectivity index (χ1) is 6.56. The topological polar surface area (TPSA) is 82.7 Å². The molecule has 0 amide bonds. The van der Waals surface area contributed by atoms with Crippen LogP contribution in [-0.2, 0) is 6.42 Å². The number of H-pyrrole nitrogens is 1.